The third-order valence-electron chi connectivity index (χ3n) is 2.88. The lowest BCUT2D eigenvalue weighted by atomic mass is 10.0. The van der Waals surface area contributed by atoms with E-state index in [1.165, 1.54) is 0 Å². The molecule has 0 aliphatic heterocycles. The van der Waals surface area contributed by atoms with Crippen LogP contribution in [-0.2, 0) is 0 Å². The lowest BCUT2D eigenvalue weighted by Gasteiger charge is -2.23. The maximum atomic E-state index is 6.05. The van der Waals surface area contributed by atoms with Crippen molar-refractivity contribution in [3.05, 3.63) is 11.6 Å². The summed E-state index contributed by atoms with van der Waals surface area (Å²) in [6.07, 6.45) is 1.81. The van der Waals surface area contributed by atoms with Crippen molar-refractivity contribution in [1.82, 2.24) is 0 Å². The Balaban J connectivity index is 3.44. The molecule has 8 heteroatoms. The molecule has 1 aromatic rings. The highest BCUT2D eigenvalue weighted by Crippen LogP contribution is 2.43. The van der Waals surface area contributed by atoms with Gasteiger partial charge in [0.25, 0.3) is 0 Å². The summed E-state index contributed by atoms with van der Waals surface area (Å²) in [6.45, 7) is 0.680. The lowest BCUT2D eigenvalue weighted by Crippen LogP contribution is -2.34. The Morgan fingerprint density at radius 2 is 1.50 bits per heavy atom. The monoisotopic (exact) mass is 282 g/mol. The molecule has 0 aliphatic carbocycles. The van der Waals surface area contributed by atoms with E-state index in [1.807, 2.05) is 27.2 Å². The van der Waals surface area contributed by atoms with Gasteiger partial charge in [0, 0.05) is 5.70 Å². The number of nitrogens with zero attached hydrogens (tertiary/aromatic N) is 1. The quantitative estimate of drug-likeness (QED) is 0.240. The number of anilines is 4. The van der Waals surface area contributed by atoms with E-state index in [9.17, 15) is 0 Å². The maximum Gasteiger partial charge on any atom is 0.183 e. The first-order valence-corrected chi connectivity index (χ1v) is 5.99. The van der Waals surface area contributed by atoms with Crippen molar-refractivity contribution >= 4 is 28.4 Å². The molecule has 0 aliphatic rings. The topological polar surface area (TPSA) is 165 Å². The SMILES string of the molecule is C[N+](C)(C)C/C=C(/N)c1c(N)c(N)c(N)c(N)c1ON. The Morgan fingerprint density at radius 1 is 1.00 bits per heavy atom. The Bertz CT molecular complexity index is 546. The number of benzene rings is 1. The van der Waals surface area contributed by atoms with Crippen molar-refractivity contribution in [1.29, 1.82) is 0 Å². The zero-order valence-electron chi connectivity index (χ0n) is 12.1. The molecule has 8 nitrogen and oxygen atoms in total. The predicted molar refractivity (Wildman–Crippen MR) is 84.0 cm³/mol. The minimum Gasteiger partial charge on any atom is -0.408 e. The minimum atomic E-state index is 0.121. The summed E-state index contributed by atoms with van der Waals surface area (Å²) < 4.78 is 0.694. The molecule has 0 fully saturated rings. The fourth-order valence-corrected chi connectivity index (χ4v) is 1.69. The molecule has 1 aromatic carbocycles. The third kappa shape index (κ3) is 2.98. The van der Waals surface area contributed by atoms with Crippen molar-refractivity contribution in [2.24, 2.45) is 11.6 Å². The number of nitrogen functional groups attached to an aromatic ring is 4. The minimum absolute atomic E-state index is 0.121. The van der Waals surface area contributed by atoms with Crippen LogP contribution in [0.15, 0.2) is 6.08 Å². The molecule has 0 amide bonds. The summed E-state index contributed by atoms with van der Waals surface area (Å²) in [4.78, 5) is 4.78. The number of hydrogen-bond donors (Lipinski definition) is 6. The molecule has 20 heavy (non-hydrogen) atoms. The van der Waals surface area contributed by atoms with Crippen LogP contribution < -0.4 is 39.4 Å². The fourth-order valence-electron chi connectivity index (χ4n) is 1.69. The predicted octanol–water partition coefficient (Wildman–Crippen LogP) is -0.726. The molecule has 0 saturated carbocycles. The summed E-state index contributed by atoms with van der Waals surface area (Å²) in [5, 5.41) is 0. The molecule has 12 N–H and O–H groups in total. The zero-order chi connectivity index (χ0) is 15.7. The molecule has 0 saturated heterocycles. The van der Waals surface area contributed by atoms with Crippen molar-refractivity contribution in [2.45, 2.75) is 0 Å². The highest BCUT2D eigenvalue weighted by molar-refractivity contribution is 5.98. The van der Waals surface area contributed by atoms with Crippen LogP contribution in [0.1, 0.15) is 5.56 Å². The van der Waals surface area contributed by atoms with Crippen molar-refractivity contribution in [3.63, 3.8) is 0 Å². The summed E-state index contributed by atoms with van der Waals surface area (Å²) in [5.41, 5.74) is 30.8. The molecule has 0 unspecified atom stereocenters. The van der Waals surface area contributed by atoms with E-state index in [0.29, 0.717) is 22.3 Å². The van der Waals surface area contributed by atoms with Crippen LogP contribution in [-0.4, -0.2) is 32.2 Å². The van der Waals surface area contributed by atoms with Crippen LogP contribution in [0.4, 0.5) is 22.7 Å². The standard InChI is InChI=1S/C12H24N7O/c1-19(2,3)5-4-6(13)7-8(14)9(15)10(16)11(17)12(7)20-18/h4H,5,13-18H2,1-3H3/q+1/b6-4+. The van der Waals surface area contributed by atoms with Gasteiger partial charge < -0.3 is 38.0 Å². The Kier molecular flexibility index (Phi) is 4.21. The van der Waals surface area contributed by atoms with Gasteiger partial charge in [-0.2, -0.15) is 5.90 Å². The van der Waals surface area contributed by atoms with Crippen LogP contribution in [0.2, 0.25) is 0 Å². The molecule has 0 radical (unpaired) electrons. The first-order chi connectivity index (χ1) is 9.10. The smallest absolute Gasteiger partial charge is 0.183 e. The average Bonchev–Trinajstić information content (AvgIpc) is 2.36. The zero-order valence-corrected chi connectivity index (χ0v) is 12.1. The van der Waals surface area contributed by atoms with Gasteiger partial charge in [-0.1, -0.05) is 0 Å². The molecular weight excluding hydrogens is 258 g/mol. The van der Waals surface area contributed by atoms with Crippen LogP contribution in [0.3, 0.4) is 0 Å². The van der Waals surface area contributed by atoms with E-state index in [0.717, 1.165) is 0 Å². The Morgan fingerprint density at radius 3 is 1.95 bits per heavy atom. The molecule has 0 bridgehead atoms. The number of nitrogens with two attached hydrogens (primary N) is 6. The molecule has 0 heterocycles. The van der Waals surface area contributed by atoms with Gasteiger partial charge in [0.15, 0.2) is 5.75 Å². The van der Waals surface area contributed by atoms with E-state index < -0.39 is 0 Å². The van der Waals surface area contributed by atoms with Gasteiger partial charge in [0.1, 0.15) is 5.69 Å². The summed E-state index contributed by atoms with van der Waals surface area (Å²) >= 11 is 0. The number of quaternary nitrogens is 1. The number of rotatable bonds is 4. The largest absolute Gasteiger partial charge is 0.408 e. The van der Waals surface area contributed by atoms with Crippen LogP contribution in [0.25, 0.3) is 5.70 Å². The van der Waals surface area contributed by atoms with Gasteiger partial charge in [-0.3, -0.25) is 0 Å². The summed E-state index contributed by atoms with van der Waals surface area (Å²) in [5.74, 6) is 5.37. The van der Waals surface area contributed by atoms with Crippen LogP contribution >= 0.6 is 0 Å². The van der Waals surface area contributed by atoms with E-state index in [1.54, 1.807) is 0 Å². The maximum absolute atomic E-state index is 6.05. The molecule has 0 spiro atoms. The van der Waals surface area contributed by atoms with Gasteiger partial charge in [0.2, 0.25) is 0 Å². The van der Waals surface area contributed by atoms with E-state index in [2.05, 4.69) is 0 Å². The average molecular weight is 282 g/mol. The molecule has 1 rings (SSSR count). The first-order valence-electron chi connectivity index (χ1n) is 5.99. The Labute approximate surface area is 118 Å². The van der Waals surface area contributed by atoms with E-state index in [4.69, 9.17) is 39.4 Å². The number of likely N-dealkylation sites (N-methyl/N-ethyl adjacent to an activating group) is 1. The second-order valence-corrected chi connectivity index (χ2v) is 5.61. The molecule has 0 atom stereocenters. The van der Waals surface area contributed by atoms with Gasteiger partial charge in [-0.05, 0) is 6.08 Å². The first kappa shape index (κ1) is 15.7. The highest BCUT2D eigenvalue weighted by atomic mass is 16.6. The molecular formula is C12H24N7O+. The van der Waals surface area contributed by atoms with Crippen LogP contribution in [0.5, 0.6) is 5.75 Å². The molecule has 0 aromatic heterocycles. The second kappa shape index (κ2) is 5.35. The third-order valence-corrected chi connectivity index (χ3v) is 2.88. The van der Waals surface area contributed by atoms with E-state index >= 15 is 0 Å². The van der Waals surface area contributed by atoms with Crippen molar-refractivity contribution in [3.8, 4) is 5.75 Å². The van der Waals surface area contributed by atoms with Gasteiger partial charge in [-0.15, -0.1) is 0 Å². The fraction of sp³-hybridized carbons (Fsp3) is 0.333. The number of hydrogen-bond acceptors (Lipinski definition) is 7. The Hall–Kier alpha value is -2.32. The summed E-state index contributed by atoms with van der Waals surface area (Å²) in [7, 11) is 6.08. The molecule has 112 valence electrons. The van der Waals surface area contributed by atoms with E-state index in [-0.39, 0.29) is 28.5 Å². The normalized spacial score (nSPS) is 12.5. The lowest BCUT2D eigenvalue weighted by molar-refractivity contribution is -0.864. The second-order valence-electron chi connectivity index (χ2n) is 5.61. The highest BCUT2D eigenvalue weighted by Gasteiger charge is 2.21. The van der Waals surface area contributed by atoms with Crippen LogP contribution in [0, 0.1) is 0 Å². The van der Waals surface area contributed by atoms with Crippen molar-refractivity contribution < 1.29 is 9.32 Å². The summed E-state index contributed by atoms with van der Waals surface area (Å²) in [6, 6.07) is 0. The van der Waals surface area contributed by atoms with Gasteiger partial charge in [0.05, 0.1) is 50.3 Å². The van der Waals surface area contributed by atoms with Gasteiger partial charge in [-0.25, -0.2) is 0 Å². The van der Waals surface area contributed by atoms with Gasteiger partial charge >= 0.3 is 0 Å². The van der Waals surface area contributed by atoms with Crippen molar-refractivity contribution in [2.75, 3.05) is 50.6 Å².